The van der Waals surface area contributed by atoms with E-state index in [2.05, 4.69) is 37.9 Å². The minimum Gasteiger partial charge on any atom is -0.347 e. The van der Waals surface area contributed by atoms with Crippen molar-refractivity contribution >= 4 is 17.5 Å². The number of carbonyl (C=O) groups is 2. The highest BCUT2D eigenvalue weighted by atomic mass is 19.1. The topological polar surface area (TPSA) is 90.1 Å². The SMILES string of the molecule is O=C(NC1CCN(Cc2ccccc2)C1)c1n[nH]cc1NC(=O)c1c(F)cccc1F. The number of carbonyl (C=O) groups excluding carboxylic acids is 2. The molecule has 7 nitrogen and oxygen atoms in total. The molecule has 1 atom stereocenters. The first-order chi connectivity index (χ1) is 15.0. The molecule has 0 spiro atoms. The maximum absolute atomic E-state index is 13.8. The van der Waals surface area contributed by atoms with Crippen LogP contribution >= 0.6 is 0 Å². The number of hydrogen-bond donors (Lipinski definition) is 3. The van der Waals surface area contributed by atoms with Crippen LogP contribution in [0.2, 0.25) is 0 Å². The third-order valence-corrected chi connectivity index (χ3v) is 5.15. The number of nitrogens with one attached hydrogen (secondary N) is 3. The van der Waals surface area contributed by atoms with Gasteiger partial charge in [-0.15, -0.1) is 0 Å². The van der Waals surface area contributed by atoms with Gasteiger partial charge < -0.3 is 10.6 Å². The number of benzene rings is 2. The van der Waals surface area contributed by atoms with Crippen molar-refractivity contribution in [3.8, 4) is 0 Å². The Balaban J connectivity index is 1.37. The van der Waals surface area contributed by atoms with Crippen molar-refractivity contribution in [2.45, 2.75) is 19.0 Å². The first-order valence-electron chi connectivity index (χ1n) is 9.87. The van der Waals surface area contributed by atoms with E-state index >= 15 is 0 Å². The second kappa shape index (κ2) is 9.05. The molecule has 1 unspecified atom stereocenters. The van der Waals surface area contributed by atoms with Crippen LogP contribution in [0, 0.1) is 11.6 Å². The molecule has 2 aromatic carbocycles. The minimum absolute atomic E-state index is 0.0456. The van der Waals surface area contributed by atoms with Crippen LogP contribution in [-0.2, 0) is 6.54 Å². The quantitative estimate of drug-likeness (QED) is 0.567. The Labute approximate surface area is 177 Å². The molecule has 3 aromatic rings. The summed E-state index contributed by atoms with van der Waals surface area (Å²) in [5, 5.41) is 11.7. The third kappa shape index (κ3) is 4.77. The van der Waals surface area contributed by atoms with Gasteiger partial charge in [0, 0.05) is 31.9 Å². The van der Waals surface area contributed by atoms with Crippen LogP contribution in [0.15, 0.2) is 54.7 Å². The van der Waals surface area contributed by atoms with E-state index in [1.807, 2.05) is 18.2 Å². The van der Waals surface area contributed by atoms with Gasteiger partial charge in [0.2, 0.25) is 0 Å². The Kier molecular flexibility index (Phi) is 6.03. The van der Waals surface area contributed by atoms with Crippen molar-refractivity contribution in [1.29, 1.82) is 0 Å². The van der Waals surface area contributed by atoms with Gasteiger partial charge in [-0.3, -0.25) is 19.6 Å². The largest absolute Gasteiger partial charge is 0.347 e. The van der Waals surface area contributed by atoms with Crippen LogP contribution in [0.5, 0.6) is 0 Å². The molecule has 0 radical (unpaired) electrons. The maximum atomic E-state index is 13.8. The molecule has 0 bridgehead atoms. The van der Waals surface area contributed by atoms with Crippen molar-refractivity contribution < 1.29 is 18.4 Å². The van der Waals surface area contributed by atoms with Crippen molar-refractivity contribution in [3.05, 3.63) is 83.2 Å². The predicted molar refractivity (Wildman–Crippen MR) is 110 cm³/mol. The molecule has 160 valence electrons. The van der Waals surface area contributed by atoms with Gasteiger partial charge in [-0.1, -0.05) is 36.4 Å². The summed E-state index contributed by atoms with van der Waals surface area (Å²) >= 11 is 0. The van der Waals surface area contributed by atoms with Gasteiger partial charge in [-0.2, -0.15) is 5.10 Å². The zero-order valence-electron chi connectivity index (χ0n) is 16.6. The zero-order chi connectivity index (χ0) is 21.8. The zero-order valence-corrected chi connectivity index (χ0v) is 16.6. The normalized spacial score (nSPS) is 16.3. The molecule has 2 amide bonds. The van der Waals surface area contributed by atoms with Crippen LogP contribution in [0.4, 0.5) is 14.5 Å². The fraction of sp³-hybridized carbons (Fsp3) is 0.227. The summed E-state index contributed by atoms with van der Waals surface area (Å²) in [5.41, 5.74) is 0.477. The van der Waals surface area contributed by atoms with E-state index in [-0.39, 0.29) is 17.4 Å². The van der Waals surface area contributed by atoms with Gasteiger partial charge in [-0.05, 0) is 24.1 Å². The van der Waals surface area contributed by atoms with Crippen molar-refractivity contribution in [1.82, 2.24) is 20.4 Å². The number of nitrogens with zero attached hydrogens (tertiary/aromatic N) is 2. The van der Waals surface area contributed by atoms with E-state index in [4.69, 9.17) is 0 Å². The summed E-state index contributed by atoms with van der Waals surface area (Å²) in [5.74, 6) is -3.45. The molecule has 0 saturated carbocycles. The average Bonchev–Trinajstić information content (AvgIpc) is 3.38. The highest BCUT2D eigenvalue weighted by Gasteiger charge is 2.27. The summed E-state index contributed by atoms with van der Waals surface area (Å²) in [4.78, 5) is 27.3. The van der Waals surface area contributed by atoms with E-state index in [9.17, 15) is 18.4 Å². The Bertz CT molecular complexity index is 1070. The number of aromatic nitrogens is 2. The van der Waals surface area contributed by atoms with Gasteiger partial charge in [0.05, 0.1) is 5.69 Å². The van der Waals surface area contributed by atoms with Crippen molar-refractivity contribution in [2.75, 3.05) is 18.4 Å². The van der Waals surface area contributed by atoms with Gasteiger partial charge in [-0.25, -0.2) is 8.78 Å². The first-order valence-corrected chi connectivity index (χ1v) is 9.87. The van der Waals surface area contributed by atoms with Crippen molar-refractivity contribution in [3.63, 3.8) is 0 Å². The number of amides is 2. The highest BCUT2D eigenvalue weighted by molar-refractivity contribution is 6.08. The molecule has 1 aliphatic rings. The summed E-state index contributed by atoms with van der Waals surface area (Å²) in [6.07, 6.45) is 2.08. The average molecular weight is 425 g/mol. The van der Waals surface area contributed by atoms with Gasteiger partial charge >= 0.3 is 0 Å². The van der Waals surface area contributed by atoms with Crippen LogP contribution in [0.3, 0.4) is 0 Å². The Hall–Kier alpha value is -3.59. The Morgan fingerprint density at radius 1 is 1.06 bits per heavy atom. The lowest BCUT2D eigenvalue weighted by Gasteiger charge is -2.16. The van der Waals surface area contributed by atoms with Crippen LogP contribution in [-0.4, -0.2) is 46.0 Å². The van der Waals surface area contributed by atoms with Gasteiger partial charge in [0.15, 0.2) is 5.69 Å². The minimum atomic E-state index is -0.999. The Morgan fingerprint density at radius 3 is 2.55 bits per heavy atom. The van der Waals surface area contributed by atoms with E-state index in [0.29, 0.717) is 6.54 Å². The summed E-state index contributed by atoms with van der Waals surface area (Å²) in [7, 11) is 0. The lowest BCUT2D eigenvalue weighted by Crippen LogP contribution is -2.37. The number of anilines is 1. The molecule has 1 aromatic heterocycles. The monoisotopic (exact) mass is 425 g/mol. The Morgan fingerprint density at radius 2 is 1.81 bits per heavy atom. The maximum Gasteiger partial charge on any atom is 0.274 e. The number of aromatic amines is 1. The third-order valence-electron chi connectivity index (χ3n) is 5.15. The second-order valence-electron chi connectivity index (χ2n) is 7.38. The summed E-state index contributed by atoms with van der Waals surface area (Å²) in [6, 6.07) is 13.1. The highest BCUT2D eigenvalue weighted by Crippen LogP contribution is 2.19. The summed E-state index contributed by atoms with van der Waals surface area (Å²) in [6.45, 7) is 2.33. The van der Waals surface area contributed by atoms with Crippen LogP contribution in [0.25, 0.3) is 0 Å². The number of rotatable bonds is 6. The molecule has 2 heterocycles. The van der Waals surface area contributed by atoms with E-state index < -0.39 is 29.0 Å². The van der Waals surface area contributed by atoms with Crippen LogP contribution < -0.4 is 10.6 Å². The molecule has 31 heavy (non-hydrogen) atoms. The molecule has 4 rings (SSSR count). The number of halogens is 2. The number of hydrogen-bond acceptors (Lipinski definition) is 4. The number of likely N-dealkylation sites (tertiary alicyclic amines) is 1. The standard InChI is InChI=1S/C22H21F2N5O2/c23-16-7-4-8-17(24)19(16)21(30)27-18-11-25-28-20(18)22(31)26-15-9-10-29(13-15)12-14-5-2-1-3-6-14/h1-8,11,15H,9-10,12-13H2,(H,25,28)(H,26,31)(H,27,30). The molecular weight excluding hydrogens is 404 g/mol. The second-order valence-corrected chi connectivity index (χ2v) is 7.38. The molecule has 3 N–H and O–H groups in total. The van der Waals surface area contributed by atoms with Crippen molar-refractivity contribution in [2.24, 2.45) is 0 Å². The lowest BCUT2D eigenvalue weighted by molar-refractivity contribution is 0.0933. The molecule has 1 aliphatic heterocycles. The van der Waals surface area contributed by atoms with Gasteiger partial charge in [0.25, 0.3) is 11.8 Å². The van der Waals surface area contributed by atoms with Gasteiger partial charge in [0.1, 0.15) is 17.2 Å². The molecule has 1 saturated heterocycles. The smallest absolute Gasteiger partial charge is 0.274 e. The van der Waals surface area contributed by atoms with E-state index in [0.717, 1.165) is 31.6 Å². The van der Waals surface area contributed by atoms with E-state index in [1.165, 1.54) is 17.8 Å². The first kappa shape index (κ1) is 20.7. The summed E-state index contributed by atoms with van der Waals surface area (Å²) < 4.78 is 27.7. The predicted octanol–water partition coefficient (Wildman–Crippen LogP) is 2.94. The molecule has 1 fully saturated rings. The lowest BCUT2D eigenvalue weighted by atomic mass is 10.1. The number of H-pyrrole nitrogens is 1. The van der Waals surface area contributed by atoms with E-state index in [1.54, 1.807) is 0 Å². The molecular formula is C22H21F2N5O2. The van der Waals surface area contributed by atoms with Crippen LogP contribution in [0.1, 0.15) is 32.8 Å². The molecule has 0 aliphatic carbocycles. The molecule has 9 heteroatoms. The fourth-order valence-corrected chi connectivity index (χ4v) is 3.65. The fourth-order valence-electron chi connectivity index (χ4n) is 3.65.